The second kappa shape index (κ2) is 5.47. The second-order valence-corrected chi connectivity index (χ2v) is 4.46. The molecule has 2 atom stereocenters. The summed E-state index contributed by atoms with van der Waals surface area (Å²) in [6.45, 7) is 7.42. The first kappa shape index (κ1) is 12.5. The number of nitrogens with zero attached hydrogens (tertiary/aromatic N) is 2. The van der Waals surface area contributed by atoms with Crippen LogP contribution in [-0.4, -0.2) is 59.6 Å². The van der Waals surface area contributed by atoms with E-state index < -0.39 is 5.97 Å². The third-order valence-electron chi connectivity index (χ3n) is 3.36. The van der Waals surface area contributed by atoms with Crippen molar-refractivity contribution in [1.29, 1.82) is 0 Å². The SMILES string of the molecule is CCN1CC(C)N(C)CC1CCC(=O)O. The molecule has 1 fully saturated rings. The van der Waals surface area contributed by atoms with E-state index in [0.717, 1.165) is 26.1 Å². The minimum Gasteiger partial charge on any atom is -0.481 e. The second-order valence-electron chi connectivity index (χ2n) is 4.46. The third-order valence-corrected chi connectivity index (χ3v) is 3.36. The summed E-state index contributed by atoms with van der Waals surface area (Å²) >= 11 is 0. The van der Waals surface area contributed by atoms with Crippen LogP contribution in [0.4, 0.5) is 0 Å². The summed E-state index contributed by atoms with van der Waals surface area (Å²) in [5, 5.41) is 8.69. The van der Waals surface area contributed by atoms with Crippen molar-refractivity contribution in [2.24, 2.45) is 0 Å². The van der Waals surface area contributed by atoms with Crippen molar-refractivity contribution in [2.75, 3.05) is 26.7 Å². The van der Waals surface area contributed by atoms with E-state index in [1.807, 2.05) is 0 Å². The lowest BCUT2D eigenvalue weighted by atomic mass is 10.0. The average molecular weight is 214 g/mol. The number of carbonyl (C=O) groups is 1. The van der Waals surface area contributed by atoms with Crippen LogP contribution in [0.1, 0.15) is 26.7 Å². The predicted molar refractivity (Wildman–Crippen MR) is 60.0 cm³/mol. The minimum atomic E-state index is -0.688. The zero-order chi connectivity index (χ0) is 11.4. The number of carboxylic acid groups (broad SMARTS) is 1. The number of rotatable bonds is 4. The Morgan fingerprint density at radius 1 is 1.47 bits per heavy atom. The van der Waals surface area contributed by atoms with Crippen LogP contribution in [0, 0.1) is 0 Å². The number of carboxylic acids is 1. The van der Waals surface area contributed by atoms with Crippen LogP contribution in [0.3, 0.4) is 0 Å². The highest BCUT2D eigenvalue weighted by Gasteiger charge is 2.28. The number of likely N-dealkylation sites (N-methyl/N-ethyl adjacent to an activating group) is 2. The van der Waals surface area contributed by atoms with E-state index >= 15 is 0 Å². The zero-order valence-corrected chi connectivity index (χ0v) is 9.94. The van der Waals surface area contributed by atoms with Gasteiger partial charge in [-0.25, -0.2) is 0 Å². The monoisotopic (exact) mass is 214 g/mol. The van der Waals surface area contributed by atoms with Crippen LogP contribution in [0.25, 0.3) is 0 Å². The molecule has 1 rings (SSSR count). The fourth-order valence-electron chi connectivity index (χ4n) is 2.21. The lowest BCUT2D eigenvalue weighted by Gasteiger charge is -2.43. The molecule has 0 aromatic rings. The van der Waals surface area contributed by atoms with Crippen molar-refractivity contribution in [3.63, 3.8) is 0 Å². The molecule has 4 nitrogen and oxygen atoms in total. The molecule has 4 heteroatoms. The Labute approximate surface area is 91.9 Å². The van der Waals surface area contributed by atoms with Crippen LogP contribution >= 0.6 is 0 Å². The molecule has 0 radical (unpaired) electrons. The van der Waals surface area contributed by atoms with Gasteiger partial charge >= 0.3 is 5.97 Å². The van der Waals surface area contributed by atoms with Crippen molar-refractivity contribution in [2.45, 2.75) is 38.8 Å². The first-order chi connectivity index (χ1) is 7.04. The van der Waals surface area contributed by atoms with Gasteiger partial charge in [-0.2, -0.15) is 0 Å². The molecule has 1 aliphatic heterocycles. The van der Waals surface area contributed by atoms with Crippen LogP contribution in [0.5, 0.6) is 0 Å². The highest BCUT2D eigenvalue weighted by atomic mass is 16.4. The van der Waals surface area contributed by atoms with E-state index in [0.29, 0.717) is 12.1 Å². The van der Waals surface area contributed by atoms with Gasteiger partial charge in [-0.3, -0.25) is 9.69 Å². The topological polar surface area (TPSA) is 43.8 Å². The van der Waals surface area contributed by atoms with Crippen molar-refractivity contribution in [1.82, 2.24) is 9.80 Å². The molecule has 0 bridgehead atoms. The summed E-state index contributed by atoms with van der Waals surface area (Å²) in [5.41, 5.74) is 0. The lowest BCUT2D eigenvalue weighted by Crippen LogP contribution is -2.55. The number of hydrogen-bond donors (Lipinski definition) is 1. The summed E-state index contributed by atoms with van der Waals surface area (Å²) in [5.74, 6) is -0.688. The average Bonchev–Trinajstić information content (AvgIpc) is 2.19. The first-order valence-electron chi connectivity index (χ1n) is 5.70. The molecule has 0 saturated carbocycles. The van der Waals surface area contributed by atoms with Gasteiger partial charge in [-0.1, -0.05) is 6.92 Å². The largest absolute Gasteiger partial charge is 0.481 e. The zero-order valence-electron chi connectivity index (χ0n) is 9.94. The van der Waals surface area contributed by atoms with Gasteiger partial charge in [0.2, 0.25) is 0 Å². The summed E-state index contributed by atoms with van der Waals surface area (Å²) in [4.78, 5) is 15.3. The predicted octanol–water partition coefficient (Wildman–Crippen LogP) is 0.876. The Morgan fingerprint density at radius 2 is 2.13 bits per heavy atom. The van der Waals surface area contributed by atoms with Crippen molar-refractivity contribution in [3.05, 3.63) is 0 Å². The molecule has 0 amide bonds. The smallest absolute Gasteiger partial charge is 0.303 e. The number of hydrogen-bond acceptors (Lipinski definition) is 3. The van der Waals surface area contributed by atoms with E-state index in [1.165, 1.54) is 0 Å². The molecule has 15 heavy (non-hydrogen) atoms. The van der Waals surface area contributed by atoms with Gasteiger partial charge in [0.1, 0.15) is 0 Å². The molecule has 0 spiro atoms. The van der Waals surface area contributed by atoms with Crippen LogP contribution in [-0.2, 0) is 4.79 Å². The molecule has 1 N–H and O–H groups in total. The maximum Gasteiger partial charge on any atom is 0.303 e. The molecular weight excluding hydrogens is 192 g/mol. The van der Waals surface area contributed by atoms with Gasteiger partial charge in [-0.05, 0) is 26.9 Å². The van der Waals surface area contributed by atoms with E-state index in [2.05, 4.69) is 30.7 Å². The standard InChI is InChI=1S/C11H22N2O2/c1-4-13-7-9(2)12(3)8-10(13)5-6-11(14)15/h9-10H,4-8H2,1-3H3,(H,14,15). The van der Waals surface area contributed by atoms with Crippen molar-refractivity contribution >= 4 is 5.97 Å². The summed E-state index contributed by atoms with van der Waals surface area (Å²) in [6, 6.07) is 0.985. The van der Waals surface area contributed by atoms with Gasteiger partial charge in [0.25, 0.3) is 0 Å². The molecule has 0 aromatic carbocycles. The maximum atomic E-state index is 10.6. The maximum absolute atomic E-state index is 10.6. The fraction of sp³-hybridized carbons (Fsp3) is 0.909. The van der Waals surface area contributed by atoms with Gasteiger partial charge in [0.05, 0.1) is 0 Å². The van der Waals surface area contributed by atoms with Crippen molar-refractivity contribution < 1.29 is 9.90 Å². The van der Waals surface area contributed by atoms with Crippen molar-refractivity contribution in [3.8, 4) is 0 Å². The third kappa shape index (κ3) is 3.47. The van der Waals surface area contributed by atoms with Gasteiger partial charge in [0, 0.05) is 31.6 Å². The summed E-state index contributed by atoms with van der Waals surface area (Å²) in [6.07, 6.45) is 1.05. The summed E-state index contributed by atoms with van der Waals surface area (Å²) in [7, 11) is 2.12. The molecular formula is C11H22N2O2. The Bertz CT molecular complexity index is 221. The van der Waals surface area contributed by atoms with E-state index in [1.54, 1.807) is 0 Å². The molecule has 1 saturated heterocycles. The number of aliphatic carboxylic acids is 1. The highest BCUT2D eigenvalue weighted by molar-refractivity contribution is 5.66. The Hall–Kier alpha value is -0.610. The molecule has 2 unspecified atom stereocenters. The quantitative estimate of drug-likeness (QED) is 0.754. The van der Waals surface area contributed by atoms with Gasteiger partial charge < -0.3 is 10.0 Å². The van der Waals surface area contributed by atoms with Crippen LogP contribution < -0.4 is 0 Å². The molecule has 0 aromatic heterocycles. The Morgan fingerprint density at radius 3 is 2.67 bits per heavy atom. The molecule has 0 aliphatic carbocycles. The van der Waals surface area contributed by atoms with E-state index in [4.69, 9.17) is 5.11 Å². The van der Waals surface area contributed by atoms with Gasteiger partial charge in [-0.15, -0.1) is 0 Å². The lowest BCUT2D eigenvalue weighted by molar-refractivity contribution is -0.137. The van der Waals surface area contributed by atoms with E-state index in [-0.39, 0.29) is 6.42 Å². The van der Waals surface area contributed by atoms with Crippen LogP contribution in [0.2, 0.25) is 0 Å². The van der Waals surface area contributed by atoms with Gasteiger partial charge in [0.15, 0.2) is 0 Å². The van der Waals surface area contributed by atoms with Crippen LogP contribution in [0.15, 0.2) is 0 Å². The fourth-order valence-corrected chi connectivity index (χ4v) is 2.21. The highest BCUT2D eigenvalue weighted by Crippen LogP contribution is 2.16. The minimum absolute atomic E-state index is 0.281. The molecule has 1 aliphatic rings. The van der Waals surface area contributed by atoms with E-state index in [9.17, 15) is 4.79 Å². The Kier molecular flexibility index (Phi) is 4.54. The Balaban J connectivity index is 2.49. The molecule has 1 heterocycles. The first-order valence-corrected chi connectivity index (χ1v) is 5.70. The number of piperazine rings is 1. The summed E-state index contributed by atoms with van der Waals surface area (Å²) < 4.78 is 0. The normalized spacial score (nSPS) is 29.3. The molecule has 88 valence electrons.